The number of hydrogen-bond acceptors (Lipinski definition) is 18. The Morgan fingerprint density at radius 2 is 0.948 bits per heavy atom. The number of pyridine rings is 4. The van der Waals surface area contributed by atoms with Gasteiger partial charge in [-0.15, -0.1) is 0 Å². The molecule has 0 aliphatic heterocycles. The maximum Gasteiger partial charge on any atom is 0.418 e. The van der Waals surface area contributed by atoms with E-state index in [0.717, 1.165) is 24.5 Å². The van der Waals surface area contributed by atoms with Gasteiger partial charge in [0.05, 0.1) is 49.1 Å². The predicted octanol–water partition coefficient (Wildman–Crippen LogP) is 5.13. The highest BCUT2D eigenvalue weighted by Crippen LogP contribution is 2.37. The van der Waals surface area contributed by atoms with E-state index in [1.165, 1.54) is 26.6 Å². The van der Waals surface area contributed by atoms with Crippen molar-refractivity contribution in [1.29, 1.82) is 0 Å². The summed E-state index contributed by atoms with van der Waals surface area (Å²) < 4.78 is 87.6. The number of ether oxygens (including phenoxy) is 2. The second kappa shape index (κ2) is 17.4. The summed E-state index contributed by atoms with van der Waals surface area (Å²) in [7, 11) is 2.93. The number of nitrogen functional groups attached to an aromatic ring is 2. The van der Waals surface area contributed by atoms with Gasteiger partial charge < -0.3 is 41.8 Å². The SMILES string of the molecule is COc1ccc(Nc2ncc([C@@H](O)C(F)(F)F)cc2-c2nc(C)nc(N)n2)cn1.COc1ccc(Nc2ncc([C@H](O)C(F)(F)F)cc2-c2nc(C)nc(N)n2)cn1. The molecule has 0 saturated carbocycles. The van der Waals surface area contributed by atoms with Crippen LogP contribution in [0.3, 0.4) is 0 Å². The Bertz CT molecular complexity index is 2150. The van der Waals surface area contributed by atoms with Crippen LogP contribution in [0.4, 0.5) is 61.2 Å². The monoisotopic (exact) mass is 814 g/mol. The molecule has 2 atom stereocenters. The Labute approximate surface area is 323 Å². The second-order valence-corrected chi connectivity index (χ2v) is 11.8. The molecule has 6 aromatic rings. The van der Waals surface area contributed by atoms with Crippen molar-refractivity contribution in [3.63, 3.8) is 0 Å². The molecule has 0 amide bonds. The number of aromatic nitrogens is 10. The lowest BCUT2D eigenvalue weighted by atomic mass is 10.1. The molecule has 8 N–H and O–H groups in total. The van der Waals surface area contributed by atoms with Gasteiger partial charge in [0.25, 0.3) is 0 Å². The van der Waals surface area contributed by atoms with Gasteiger partial charge in [0.15, 0.2) is 23.9 Å². The van der Waals surface area contributed by atoms with Crippen LogP contribution in [0.2, 0.25) is 0 Å². The molecule has 0 bridgehead atoms. The summed E-state index contributed by atoms with van der Waals surface area (Å²) in [6, 6.07) is 8.66. The minimum absolute atomic E-state index is 0.00250. The molecule has 0 unspecified atom stereocenters. The first-order valence-corrected chi connectivity index (χ1v) is 16.3. The summed E-state index contributed by atoms with van der Waals surface area (Å²) >= 11 is 0. The van der Waals surface area contributed by atoms with E-state index in [1.54, 1.807) is 38.1 Å². The van der Waals surface area contributed by atoms with E-state index in [1.807, 2.05) is 0 Å². The molecule has 0 aliphatic rings. The molecule has 0 fully saturated rings. The summed E-state index contributed by atoms with van der Waals surface area (Å²) in [5, 5.41) is 25.0. The molecule has 0 saturated heterocycles. The van der Waals surface area contributed by atoms with Crippen LogP contribution in [0.15, 0.2) is 61.2 Å². The van der Waals surface area contributed by atoms with E-state index in [9.17, 15) is 36.6 Å². The smallest absolute Gasteiger partial charge is 0.418 e. The third-order valence-electron chi connectivity index (χ3n) is 7.50. The van der Waals surface area contributed by atoms with Crippen LogP contribution in [0.1, 0.15) is 35.0 Å². The quantitative estimate of drug-likeness (QED) is 0.0978. The molecule has 6 aromatic heterocycles. The normalized spacial score (nSPS) is 12.5. The van der Waals surface area contributed by atoms with Crippen LogP contribution >= 0.6 is 0 Å². The maximum atomic E-state index is 12.9. The molecular formula is C34H32F6N14O4. The molecule has 18 nitrogen and oxygen atoms in total. The van der Waals surface area contributed by atoms with Crippen molar-refractivity contribution in [3.8, 4) is 34.5 Å². The van der Waals surface area contributed by atoms with E-state index >= 15 is 0 Å². The van der Waals surface area contributed by atoms with Gasteiger partial charge in [0, 0.05) is 35.7 Å². The lowest BCUT2D eigenvalue weighted by Crippen LogP contribution is -2.20. The van der Waals surface area contributed by atoms with E-state index < -0.39 is 35.7 Å². The second-order valence-electron chi connectivity index (χ2n) is 11.8. The predicted molar refractivity (Wildman–Crippen MR) is 195 cm³/mol. The Morgan fingerprint density at radius 3 is 1.24 bits per heavy atom. The number of alkyl halides is 6. The number of methoxy groups -OCH3 is 2. The third-order valence-corrected chi connectivity index (χ3v) is 7.50. The van der Waals surface area contributed by atoms with E-state index in [2.05, 4.69) is 60.5 Å². The fourth-order valence-corrected chi connectivity index (χ4v) is 4.85. The number of aryl methyl sites for hydroxylation is 2. The highest BCUT2D eigenvalue weighted by molar-refractivity contribution is 5.76. The topological polar surface area (TPSA) is 264 Å². The van der Waals surface area contributed by atoms with Crippen molar-refractivity contribution < 1.29 is 46.0 Å². The number of hydrogen-bond donors (Lipinski definition) is 6. The average molecular weight is 815 g/mol. The molecule has 6 heterocycles. The molecule has 0 aliphatic carbocycles. The Kier molecular flexibility index (Phi) is 12.6. The van der Waals surface area contributed by atoms with Crippen LogP contribution in [0.5, 0.6) is 11.8 Å². The third kappa shape index (κ3) is 10.6. The van der Waals surface area contributed by atoms with Gasteiger partial charge in [-0.2, -0.15) is 46.3 Å². The van der Waals surface area contributed by atoms with Gasteiger partial charge in [-0.3, -0.25) is 0 Å². The number of halogens is 6. The lowest BCUT2D eigenvalue weighted by molar-refractivity contribution is -0.207. The summed E-state index contributed by atoms with van der Waals surface area (Å²) in [4.78, 5) is 40.0. The minimum atomic E-state index is -4.86. The molecule has 0 spiro atoms. The van der Waals surface area contributed by atoms with E-state index in [4.69, 9.17) is 20.9 Å². The summed E-state index contributed by atoms with van der Waals surface area (Å²) in [6.45, 7) is 3.12. The van der Waals surface area contributed by atoms with Crippen molar-refractivity contribution in [2.45, 2.75) is 38.4 Å². The minimum Gasteiger partial charge on any atom is -0.481 e. The fraction of sp³-hybridized carbons (Fsp3) is 0.235. The number of nitrogens with zero attached hydrogens (tertiary/aromatic N) is 10. The molecule has 58 heavy (non-hydrogen) atoms. The summed E-state index contributed by atoms with van der Waals surface area (Å²) in [5.41, 5.74) is 11.5. The standard InChI is InChI=1S/2C17H16F3N7O2/c2*1-8-24-15(27-16(21)25-8)11-5-9(13(28)17(18,19)20)6-23-14(11)26-10-3-4-12(29-2)22-7-10/h2*3-7,13,28H,1-2H3,(H,23,26)(H2,21,24,25,27)/t2*13-/m10/s1. The first-order valence-electron chi connectivity index (χ1n) is 16.3. The molecule has 0 aromatic carbocycles. The van der Waals surface area contributed by atoms with Gasteiger partial charge in [-0.05, 0) is 38.1 Å². The van der Waals surface area contributed by atoms with Crippen molar-refractivity contribution in [2.24, 2.45) is 0 Å². The van der Waals surface area contributed by atoms with Crippen molar-refractivity contribution in [1.82, 2.24) is 49.8 Å². The molecule has 304 valence electrons. The molecule has 24 heteroatoms. The summed E-state index contributed by atoms with van der Waals surface area (Å²) in [6.07, 6.45) is -10.4. The zero-order valence-corrected chi connectivity index (χ0v) is 30.5. The Balaban J connectivity index is 0.000000221. The lowest BCUT2D eigenvalue weighted by Gasteiger charge is -2.17. The fourth-order valence-electron chi connectivity index (χ4n) is 4.85. The van der Waals surface area contributed by atoms with Gasteiger partial charge in [0.1, 0.15) is 23.3 Å². The van der Waals surface area contributed by atoms with Gasteiger partial charge in [-0.25, -0.2) is 29.9 Å². The first-order chi connectivity index (χ1) is 27.3. The van der Waals surface area contributed by atoms with Gasteiger partial charge in [-0.1, -0.05) is 0 Å². The highest BCUT2D eigenvalue weighted by atomic mass is 19.4. The van der Waals surface area contributed by atoms with Gasteiger partial charge >= 0.3 is 12.4 Å². The first kappa shape index (κ1) is 42.1. The van der Waals surface area contributed by atoms with E-state index in [-0.39, 0.29) is 58.0 Å². The Hall–Kier alpha value is -7.08. The van der Waals surface area contributed by atoms with E-state index in [0.29, 0.717) is 23.1 Å². The number of anilines is 6. The summed E-state index contributed by atoms with van der Waals surface area (Å²) in [5.74, 6) is 1.38. The maximum absolute atomic E-state index is 12.9. The van der Waals surface area contributed by atoms with Crippen molar-refractivity contribution >= 4 is 34.9 Å². The van der Waals surface area contributed by atoms with Gasteiger partial charge in [0.2, 0.25) is 23.7 Å². The van der Waals surface area contributed by atoms with Crippen LogP contribution in [0.25, 0.3) is 22.8 Å². The molecule has 0 radical (unpaired) electrons. The average Bonchev–Trinajstić information content (AvgIpc) is 3.17. The number of nitrogens with two attached hydrogens (primary N) is 2. The number of nitrogens with one attached hydrogen (secondary N) is 2. The van der Waals surface area contributed by atoms with Crippen LogP contribution < -0.4 is 31.6 Å². The van der Waals surface area contributed by atoms with Crippen molar-refractivity contribution in [2.75, 3.05) is 36.3 Å². The molecule has 6 rings (SSSR count). The van der Waals surface area contributed by atoms with Crippen LogP contribution in [-0.2, 0) is 0 Å². The van der Waals surface area contributed by atoms with Crippen molar-refractivity contribution in [3.05, 3.63) is 84.0 Å². The number of aliphatic hydroxyl groups is 2. The number of rotatable bonds is 10. The highest BCUT2D eigenvalue weighted by Gasteiger charge is 2.41. The zero-order valence-electron chi connectivity index (χ0n) is 30.5. The number of aliphatic hydroxyl groups excluding tert-OH is 2. The molecular weight excluding hydrogens is 782 g/mol. The zero-order chi connectivity index (χ0) is 42.4. The largest absolute Gasteiger partial charge is 0.481 e. The van der Waals surface area contributed by atoms with Crippen LogP contribution in [0, 0.1) is 13.8 Å². The van der Waals surface area contributed by atoms with Crippen LogP contribution in [-0.4, -0.2) is 86.6 Å². The Morgan fingerprint density at radius 1 is 0.569 bits per heavy atom.